The number of Topliss-reactive ketones (excluding diaryl/α,β-unsaturated/α-hetero) is 1. The van der Waals surface area contributed by atoms with E-state index in [0.29, 0.717) is 11.0 Å². The zero-order chi connectivity index (χ0) is 19.4. The van der Waals surface area contributed by atoms with Gasteiger partial charge < -0.3 is 4.74 Å². The number of halogens is 2. The summed E-state index contributed by atoms with van der Waals surface area (Å²) < 4.78 is 29.5. The lowest BCUT2D eigenvalue weighted by Crippen LogP contribution is -2.10. The molecule has 0 aliphatic carbocycles. The Labute approximate surface area is 159 Å². The topological polar surface area (TPSA) is 67.9 Å². The minimum atomic E-state index is -2.99. The maximum atomic E-state index is 12.5. The maximum Gasteiger partial charge on any atom is 0.387 e. The molecule has 1 heterocycles. The molecule has 1 N–H and O–H groups in total. The number of aromatic nitrogens is 3. The van der Waals surface area contributed by atoms with Gasteiger partial charge in [-0.2, -0.15) is 8.78 Å². The number of hydrogen-bond donors (Lipinski definition) is 1. The fourth-order valence-electron chi connectivity index (χ4n) is 2.42. The summed E-state index contributed by atoms with van der Waals surface area (Å²) in [6, 6.07) is 12.3. The van der Waals surface area contributed by atoms with Crippen molar-refractivity contribution in [2.24, 2.45) is 0 Å². The Kier molecular flexibility index (Phi) is 5.85. The van der Waals surface area contributed by atoms with Crippen LogP contribution in [0.3, 0.4) is 0 Å². The van der Waals surface area contributed by atoms with Crippen LogP contribution in [0.15, 0.2) is 47.6 Å². The molecule has 0 radical (unpaired) electrons. The fourth-order valence-corrected chi connectivity index (χ4v) is 3.10. The average Bonchev–Trinajstić information content (AvgIpc) is 3.10. The van der Waals surface area contributed by atoms with E-state index >= 15 is 0 Å². The van der Waals surface area contributed by atoms with E-state index in [2.05, 4.69) is 19.9 Å². The molecule has 3 aromatic rings. The minimum Gasteiger partial charge on any atom is -0.434 e. The Morgan fingerprint density at radius 2 is 1.85 bits per heavy atom. The van der Waals surface area contributed by atoms with Gasteiger partial charge in [0.15, 0.2) is 11.6 Å². The van der Waals surface area contributed by atoms with E-state index in [9.17, 15) is 13.6 Å². The lowest BCUT2D eigenvalue weighted by atomic mass is 10.1. The van der Waals surface area contributed by atoms with Crippen molar-refractivity contribution in [3.8, 4) is 17.1 Å². The predicted molar refractivity (Wildman–Crippen MR) is 99.4 cm³/mol. The van der Waals surface area contributed by atoms with Crippen LogP contribution in [0.5, 0.6) is 5.75 Å². The van der Waals surface area contributed by atoms with Crippen LogP contribution in [0.4, 0.5) is 8.78 Å². The maximum absolute atomic E-state index is 12.5. The number of ether oxygens (including phenoxy) is 1. The third kappa shape index (κ3) is 4.91. The molecule has 0 bridgehead atoms. The number of aromatic amines is 1. The molecule has 1 aromatic heterocycles. The van der Waals surface area contributed by atoms with Crippen molar-refractivity contribution in [3.63, 3.8) is 0 Å². The molecule has 0 amide bonds. The first-order valence-corrected chi connectivity index (χ1v) is 9.12. The number of ketones is 1. The summed E-state index contributed by atoms with van der Waals surface area (Å²) in [4.78, 5) is 16.8. The van der Waals surface area contributed by atoms with Crippen molar-refractivity contribution in [2.45, 2.75) is 25.6 Å². The second-order valence-electron chi connectivity index (χ2n) is 5.92. The first-order chi connectivity index (χ1) is 12.9. The number of nitrogens with zero attached hydrogens (tertiary/aromatic N) is 2. The van der Waals surface area contributed by atoms with Crippen LogP contribution < -0.4 is 4.74 Å². The number of carbonyl (C=O) groups is 1. The SMILES string of the molecule is Cc1ccc(-c2nc(SCC(=O)c3cc(C)ccc3OC(F)F)n[nH]2)cc1. The van der Waals surface area contributed by atoms with E-state index < -0.39 is 6.61 Å². The number of alkyl halides is 2. The van der Waals surface area contributed by atoms with Gasteiger partial charge in [-0.05, 0) is 26.0 Å². The molecule has 0 saturated carbocycles. The molecule has 140 valence electrons. The van der Waals surface area contributed by atoms with Gasteiger partial charge in [0.05, 0.1) is 11.3 Å². The molecule has 5 nitrogen and oxygen atoms in total. The van der Waals surface area contributed by atoms with Gasteiger partial charge in [-0.25, -0.2) is 4.98 Å². The van der Waals surface area contributed by atoms with Crippen LogP contribution in [0.2, 0.25) is 0 Å². The molecule has 27 heavy (non-hydrogen) atoms. The summed E-state index contributed by atoms with van der Waals surface area (Å²) in [7, 11) is 0. The highest BCUT2D eigenvalue weighted by atomic mass is 32.2. The van der Waals surface area contributed by atoms with Crippen LogP contribution in [-0.4, -0.2) is 33.3 Å². The lowest BCUT2D eigenvalue weighted by molar-refractivity contribution is -0.0501. The first-order valence-electron chi connectivity index (χ1n) is 8.13. The zero-order valence-corrected chi connectivity index (χ0v) is 15.5. The summed E-state index contributed by atoms with van der Waals surface area (Å²) in [6.45, 7) is 0.782. The third-order valence-corrected chi connectivity index (χ3v) is 4.62. The highest BCUT2D eigenvalue weighted by Gasteiger charge is 2.17. The van der Waals surface area contributed by atoms with Crippen molar-refractivity contribution in [2.75, 3.05) is 5.75 Å². The van der Waals surface area contributed by atoms with Crippen molar-refractivity contribution in [1.82, 2.24) is 15.2 Å². The van der Waals surface area contributed by atoms with Crippen molar-refractivity contribution in [1.29, 1.82) is 0 Å². The van der Waals surface area contributed by atoms with Crippen molar-refractivity contribution < 1.29 is 18.3 Å². The Morgan fingerprint density at radius 1 is 1.15 bits per heavy atom. The van der Waals surface area contributed by atoms with Crippen LogP contribution in [0.1, 0.15) is 21.5 Å². The van der Waals surface area contributed by atoms with Gasteiger partial charge in [0.25, 0.3) is 0 Å². The fraction of sp³-hybridized carbons (Fsp3) is 0.211. The molecule has 0 aliphatic heterocycles. The van der Waals surface area contributed by atoms with E-state index in [1.165, 1.54) is 12.1 Å². The molecule has 3 rings (SSSR count). The zero-order valence-electron chi connectivity index (χ0n) is 14.7. The van der Waals surface area contributed by atoms with Gasteiger partial charge in [0.2, 0.25) is 5.16 Å². The van der Waals surface area contributed by atoms with Gasteiger partial charge in [-0.15, -0.1) is 5.10 Å². The minimum absolute atomic E-state index is 0.00818. The summed E-state index contributed by atoms with van der Waals surface area (Å²) in [5.74, 6) is 0.147. The number of aryl methyl sites for hydroxylation is 2. The summed E-state index contributed by atoms with van der Waals surface area (Å²) >= 11 is 1.13. The van der Waals surface area contributed by atoms with Crippen molar-refractivity contribution in [3.05, 3.63) is 59.2 Å². The van der Waals surface area contributed by atoms with Crippen molar-refractivity contribution >= 4 is 17.5 Å². The lowest BCUT2D eigenvalue weighted by Gasteiger charge is -2.10. The van der Waals surface area contributed by atoms with Crippen LogP contribution in [0.25, 0.3) is 11.4 Å². The summed E-state index contributed by atoms with van der Waals surface area (Å²) in [5.41, 5.74) is 2.93. The number of rotatable bonds is 7. The second-order valence-corrected chi connectivity index (χ2v) is 6.87. The molecule has 8 heteroatoms. The number of H-pyrrole nitrogens is 1. The van der Waals surface area contributed by atoms with Crippen LogP contribution >= 0.6 is 11.8 Å². The molecular weight excluding hydrogens is 372 g/mol. The molecule has 0 saturated heterocycles. The monoisotopic (exact) mass is 389 g/mol. The quantitative estimate of drug-likeness (QED) is 0.470. The number of carbonyl (C=O) groups excluding carboxylic acids is 1. The molecule has 2 aromatic carbocycles. The van der Waals surface area contributed by atoms with Crippen LogP contribution in [-0.2, 0) is 0 Å². The number of thioether (sulfide) groups is 1. The molecule has 0 unspecified atom stereocenters. The Morgan fingerprint density at radius 3 is 2.56 bits per heavy atom. The number of hydrogen-bond acceptors (Lipinski definition) is 5. The van der Waals surface area contributed by atoms with E-state index in [4.69, 9.17) is 0 Å². The van der Waals surface area contributed by atoms with E-state index in [1.807, 2.05) is 31.2 Å². The molecular formula is C19H17F2N3O2S. The number of benzene rings is 2. The van der Waals surface area contributed by atoms with Gasteiger partial charge in [-0.3, -0.25) is 9.89 Å². The van der Waals surface area contributed by atoms with E-state index in [0.717, 1.165) is 28.5 Å². The summed E-state index contributed by atoms with van der Waals surface area (Å²) in [5, 5.41) is 7.33. The molecule has 0 fully saturated rings. The first kappa shape index (κ1) is 19.0. The second kappa shape index (κ2) is 8.30. The van der Waals surface area contributed by atoms with Gasteiger partial charge in [-0.1, -0.05) is 53.2 Å². The van der Waals surface area contributed by atoms with Crippen LogP contribution in [0, 0.1) is 13.8 Å². The Hall–Kier alpha value is -2.74. The standard InChI is InChI=1S/C19H17F2N3O2S/c1-11-3-6-13(7-4-11)17-22-19(24-23-17)27-10-15(25)14-9-12(2)5-8-16(14)26-18(20)21/h3-9,18H,10H2,1-2H3,(H,22,23,24). The highest BCUT2D eigenvalue weighted by Crippen LogP contribution is 2.25. The normalized spacial score (nSPS) is 11.0. The number of nitrogens with one attached hydrogen (secondary N) is 1. The van der Waals surface area contributed by atoms with E-state index in [-0.39, 0.29) is 22.8 Å². The third-order valence-electron chi connectivity index (χ3n) is 3.77. The van der Waals surface area contributed by atoms with Gasteiger partial charge in [0.1, 0.15) is 5.75 Å². The van der Waals surface area contributed by atoms with E-state index in [1.54, 1.807) is 13.0 Å². The Bertz CT molecular complexity index is 942. The molecule has 0 atom stereocenters. The average molecular weight is 389 g/mol. The smallest absolute Gasteiger partial charge is 0.387 e. The molecule has 0 aliphatic rings. The van der Waals surface area contributed by atoms with Gasteiger partial charge in [0, 0.05) is 5.56 Å². The van der Waals surface area contributed by atoms with Gasteiger partial charge >= 0.3 is 6.61 Å². The largest absolute Gasteiger partial charge is 0.434 e. The highest BCUT2D eigenvalue weighted by molar-refractivity contribution is 7.99. The molecule has 0 spiro atoms. The Balaban J connectivity index is 1.69. The predicted octanol–water partition coefficient (Wildman–Crippen LogP) is 4.66. The summed E-state index contributed by atoms with van der Waals surface area (Å²) in [6.07, 6.45) is 0.